The lowest BCUT2D eigenvalue weighted by atomic mass is 9.90. The summed E-state index contributed by atoms with van der Waals surface area (Å²) in [4.78, 5) is 13.0. The number of rotatable bonds is 5. The van der Waals surface area contributed by atoms with Crippen molar-refractivity contribution in [2.75, 3.05) is 7.11 Å². The Morgan fingerprint density at radius 1 is 1.00 bits per heavy atom. The van der Waals surface area contributed by atoms with Crippen molar-refractivity contribution in [1.82, 2.24) is 0 Å². The van der Waals surface area contributed by atoms with E-state index >= 15 is 0 Å². The highest BCUT2D eigenvalue weighted by molar-refractivity contribution is 5.92. The van der Waals surface area contributed by atoms with Crippen LogP contribution >= 0.6 is 0 Å². The zero-order valence-corrected chi connectivity index (χ0v) is 14.8. The van der Waals surface area contributed by atoms with Gasteiger partial charge in [-0.15, -0.1) is 6.42 Å². The van der Waals surface area contributed by atoms with Gasteiger partial charge in [-0.2, -0.15) is 0 Å². The molecule has 3 rings (SSSR count). The van der Waals surface area contributed by atoms with Crippen molar-refractivity contribution in [1.29, 1.82) is 0 Å². The van der Waals surface area contributed by atoms with E-state index in [2.05, 4.69) is 5.92 Å². The zero-order valence-electron chi connectivity index (χ0n) is 14.8. The number of terminal acetylenes is 1. The monoisotopic (exact) mass is 344 g/mol. The Morgan fingerprint density at radius 2 is 1.65 bits per heavy atom. The smallest absolute Gasteiger partial charge is 0.344 e. The Balaban J connectivity index is 1.98. The summed E-state index contributed by atoms with van der Waals surface area (Å²) in [7, 11) is 1.50. The Labute approximate surface area is 153 Å². The molecule has 0 aromatic heterocycles. The molecule has 130 valence electrons. The standard InChI is InChI=1S/C23H20O3/c1-4-21(18-12-6-5-7-13-18)26-22(24)23(2,25-3)20-16-10-14-17-11-8-9-15-19(17)20/h1,5-16,21H,2-3H3/t21-,23+/m1/s1. The van der Waals surface area contributed by atoms with Gasteiger partial charge in [0, 0.05) is 18.2 Å². The molecule has 3 nitrogen and oxygen atoms in total. The largest absolute Gasteiger partial charge is 0.442 e. The van der Waals surface area contributed by atoms with Crippen molar-refractivity contribution < 1.29 is 14.3 Å². The minimum Gasteiger partial charge on any atom is -0.442 e. The summed E-state index contributed by atoms with van der Waals surface area (Å²) in [5.41, 5.74) is 0.219. The van der Waals surface area contributed by atoms with E-state index < -0.39 is 17.7 Å². The highest BCUT2D eigenvalue weighted by atomic mass is 16.6. The fraction of sp³-hybridized carbons (Fsp3) is 0.174. The normalized spacial score (nSPS) is 14.2. The molecule has 0 fully saturated rings. The van der Waals surface area contributed by atoms with Crippen LogP contribution in [-0.2, 0) is 19.9 Å². The van der Waals surface area contributed by atoms with E-state index in [1.54, 1.807) is 6.92 Å². The summed E-state index contributed by atoms with van der Waals surface area (Å²) in [5, 5.41) is 1.96. The van der Waals surface area contributed by atoms with E-state index in [1.807, 2.05) is 72.8 Å². The van der Waals surface area contributed by atoms with Gasteiger partial charge in [0.1, 0.15) is 0 Å². The van der Waals surface area contributed by atoms with Crippen LogP contribution < -0.4 is 0 Å². The van der Waals surface area contributed by atoms with E-state index in [1.165, 1.54) is 7.11 Å². The van der Waals surface area contributed by atoms with Gasteiger partial charge < -0.3 is 9.47 Å². The molecule has 3 aromatic rings. The van der Waals surface area contributed by atoms with Crippen molar-refractivity contribution >= 4 is 16.7 Å². The summed E-state index contributed by atoms with van der Waals surface area (Å²) in [6.45, 7) is 1.70. The number of benzene rings is 3. The first-order chi connectivity index (χ1) is 12.6. The number of methoxy groups -OCH3 is 1. The van der Waals surface area contributed by atoms with Crippen LogP contribution in [0.2, 0.25) is 0 Å². The molecule has 0 aliphatic rings. The van der Waals surface area contributed by atoms with Crippen LogP contribution in [0.4, 0.5) is 0 Å². The van der Waals surface area contributed by atoms with Gasteiger partial charge in [-0.3, -0.25) is 0 Å². The molecule has 0 unspecified atom stereocenters. The maximum absolute atomic E-state index is 13.0. The predicted octanol–water partition coefficient (Wildman–Crippen LogP) is 4.62. The molecule has 0 radical (unpaired) electrons. The van der Waals surface area contributed by atoms with Crippen molar-refractivity contribution in [3.8, 4) is 12.3 Å². The quantitative estimate of drug-likeness (QED) is 0.500. The molecule has 3 aromatic carbocycles. The molecule has 0 N–H and O–H groups in total. The third-order valence-electron chi connectivity index (χ3n) is 4.58. The van der Waals surface area contributed by atoms with Gasteiger partial charge in [0.05, 0.1) is 0 Å². The van der Waals surface area contributed by atoms with Crippen LogP contribution in [-0.4, -0.2) is 13.1 Å². The van der Waals surface area contributed by atoms with Crippen LogP contribution in [0.5, 0.6) is 0 Å². The highest BCUT2D eigenvalue weighted by Crippen LogP contribution is 2.34. The molecule has 0 bridgehead atoms. The first-order valence-corrected chi connectivity index (χ1v) is 8.35. The molecule has 26 heavy (non-hydrogen) atoms. The zero-order chi connectivity index (χ0) is 18.6. The molecule has 0 aliphatic heterocycles. The van der Waals surface area contributed by atoms with E-state index in [0.29, 0.717) is 0 Å². The Morgan fingerprint density at radius 3 is 2.35 bits per heavy atom. The molecule has 2 atom stereocenters. The summed E-state index contributed by atoms with van der Waals surface area (Å²) >= 11 is 0. The first kappa shape index (κ1) is 17.7. The van der Waals surface area contributed by atoms with E-state index in [-0.39, 0.29) is 0 Å². The van der Waals surface area contributed by atoms with Crippen LogP contribution in [0.25, 0.3) is 10.8 Å². The van der Waals surface area contributed by atoms with E-state index in [9.17, 15) is 4.79 Å². The molecule has 0 heterocycles. The molecule has 0 saturated carbocycles. The molecule has 0 saturated heterocycles. The molecule has 0 amide bonds. The van der Waals surface area contributed by atoms with Gasteiger partial charge in [-0.25, -0.2) is 4.79 Å². The fourth-order valence-electron chi connectivity index (χ4n) is 2.99. The molecule has 0 spiro atoms. The lowest BCUT2D eigenvalue weighted by Gasteiger charge is -2.29. The number of esters is 1. The van der Waals surface area contributed by atoms with Crippen LogP contribution in [0.15, 0.2) is 72.8 Å². The predicted molar refractivity (Wildman–Crippen MR) is 102 cm³/mol. The van der Waals surface area contributed by atoms with E-state index in [0.717, 1.165) is 21.9 Å². The van der Waals surface area contributed by atoms with Gasteiger partial charge in [0.2, 0.25) is 0 Å². The van der Waals surface area contributed by atoms with Crippen molar-refractivity contribution in [3.05, 3.63) is 83.9 Å². The summed E-state index contributed by atoms with van der Waals surface area (Å²) in [6.07, 6.45) is 4.83. The van der Waals surface area contributed by atoms with Gasteiger partial charge in [-0.05, 0) is 17.7 Å². The molecule has 3 heteroatoms. The highest BCUT2D eigenvalue weighted by Gasteiger charge is 2.39. The maximum atomic E-state index is 13.0. The number of hydrogen-bond acceptors (Lipinski definition) is 3. The Hall–Kier alpha value is -3.09. The minimum absolute atomic E-state index is 0.525. The third kappa shape index (κ3) is 3.20. The second-order valence-corrected chi connectivity index (χ2v) is 6.13. The van der Waals surface area contributed by atoms with Gasteiger partial charge in [0.15, 0.2) is 11.7 Å². The summed E-state index contributed by atoms with van der Waals surface area (Å²) < 4.78 is 11.3. The second kappa shape index (κ2) is 7.43. The third-order valence-corrected chi connectivity index (χ3v) is 4.58. The average molecular weight is 344 g/mol. The maximum Gasteiger partial charge on any atom is 0.344 e. The van der Waals surface area contributed by atoms with E-state index in [4.69, 9.17) is 15.9 Å². The van der Waals surface area contributed by atoms with Gasteiger partial charge >= 0.3 is 5.97 Å². The summed E-state index contributed by atoms with van der Waals surface area (Å²) in [6, 6.07) is 22.9. The first-order valence-electron chi connectivity index (χ1n) is 8.35. The second-order valence-electron chi connectivity index (χ2n) is 6.13. The Kier molecular flexibility index (Phi) is 5.06. The lowest BCUT2D eigenvalue weighted by molar-refractivity contribution is -0.171. The van der Waals surface area contributed by atoms with Crippen molar-refractivity contribution in [2.45, 2.75) is 18.6 Å². The molecular formula is C23H20O3. The number of carbonyl (C=O) groups is 1. The number of hydrogen-bond donors (Lipinski definition) is 0. The minimum atomic E-state index is -1.27. The fourth-order valence-corrected chi connectivity index (χ4v) is 2.99. The van der Waals surface area contributed by atoms with Crippen LogP contribution in [0.3, 0.4) is 0 Å². The summed E-state index contributed by atoms with van der Waals surface area (Å²) in [5.74, 6) is 2.01. The van der Waals surface area contributed by atoms with Crippen LogP contribution in [0.1, 0.15) is 24.2 Å². The van der Waals surface area contributed by atoms with Crippen molar-refractivity contribution in [3.63, 3.8) is 0 Å². The molecule has 0 aliphatic carbocycles. The van der Waals surface area contributed by atoms with Gasteiger partial charge in [-0.1, -0.05) is 78.7 Å². The van der Waals surface area contributed by atoms with Crippen molar-refractivity contribution in [2.24, 2.45) is 0 Å². The topological polar surface area (TPSA) is 35.5 Å². The Bertz CT molecular complexity index is 951. The number of fused-ring (bicyclic) bond motifs is 1. The molecular weight excluding hydrogens is 324 g/mol. The SMILES string of the molecule is C#C[C@@H](OC(=O)[C@@](C)(OC)c1cccc2ccccc12)c1ccccc1. The lowest BCUT2D eigenvalue weighted by Crippen LogP contribution is -2.37. The van der Waals surface area contributed by atoms with Crippen LogP contribution in [0, 0.1) is 12.3 Å². The number of ether oxygens (including phenoxy) is 2. The average Bonchev–Trinajstić information content (AvgIpc) is 2.71. The van der Waals surface area contributed by atoms with Gasteiger partial charge in [0.25, 0.3) is 0 Å². The number of carbonyl (C=O) groups excluding carboxylic acids is 1.